The third-order valence-electron chi connectivity index (χ3n) is 6.69. The first-order valence-electron chi connectivity index (χ1n) is 13.2. The molecule has 0 spiro atoms. The van der Waals surface area contributed by atoms with Crippen molar-refractivity contribution in [1.82, 2.24) is 20.1 Å². The molecule has 1 N–H and O–H groups in total. The number of aromatic nitrogens is 3. The van der Waals surface area contributed by atoms with Gasteiger partial charge in [-0.05, 0) is 39.0 Å². The Kier molecular flexibility index (Phi) is 7.93. The number of ether oxygens (including phenoxy) is 1. The standard InChI is InChI=1S/C31H33N5O3S/c1-31(2,3)36-30-27(28(34-36)21-12-6-5-7-13-21)29(23-15-8-9-16-24(23)39-4)40-20-26(38)35(30)19-25(37)33-18-22-14-10-11-17-32-22/h5-17,29H,18-20H2,1-4H3,(H,33,37). The highest BCUT2D eigenvalue weighted by Crippen LogP contribution is 2.50. The largest absolute Gasteiger partial charge is 0.496 e. The van der Waals surface area contributed by atoms with Crippen molar-refractivity contribution < 1.29 is 14.3 Å². The Bertz CT molecular complexity index is 1500. The molecule has 0 saturated carbocycles. The summed E-state index contributed by atoms with van der Waals surface area (Å²) in [5.74, 6) is 1.14. The number of nitrogens with one attached hydrogen (secondary N) is 1. The van der Waals surface area contributed by atoms with Crippen LogP contribution in [0.15, 0.2) is 79.0 Å². The minimum absolute atomic E-state index is 0.131. The molecule has 0 bridgehead atoms. The van der Waals surface area contributed by atoms with E-state index in [1.54, 1.807) is 18.2 Å². The van der Waals surface area contributed by atoms with E-state index in [2.05, 4.69) is 31.1 Å². The smallest absolute Gasteiger partial charge is 0.240 e. The SMILES string of the molecule is COc1ccccc1C1SCC(=O)N(CC(=O)NCc2ccccn2)c2c1c(-c1ccccc1)nn2C(C)(C)C. The average Bonchev–Trinajstić information content (AvgIpc) is 3.31. The Morgan fingerprint density at radius 1 is 1.05 bits per heavy atom. The number of anilines is 1. The third-order valence-corrected chi connectivity index (χ3v) is 7.92. The van der Waals surface area contributed by atoms with Crippen molar-refractivity contribution in [3.63, 3.8) is 0 Å². The van der Waals surface area contributed by atoms with E-state index in [0.717, 1.165) is 33.8 Å². The zero-order valence-corrected chi connectivity index (χ0v) is 23.9. The topological polar surface area (TPSA) is 89.3 Å². The summed E-state index contributed by atoms with van der Waals surface area (Å²) in [7, 11) is 1.65. The van der Waals surface area contributed by atoms with Gasteiger partial charge in [0.2, 0.25) is 11.8 Å². The molecule has 2 aromatic heterocycles. The summed E-state index contributed by atoms with van der Waals surface area (Å²) in [6, 6.07) is 23.4. The van der Waals surface area contributed by atoms with Gasteiger partial charge in [0.25, 0.3) is 0 Å². The van der Waals surface area contributed by atoms with Crippen LogP contribution in [0.3, 0.4) is 0 Å². The number of methoxy groups -OCH3 is 1. The first-order valence-corrected chi connectivity index (χ1v) is 14.2. The van der Waals surface area contributed by atoms with Gasteiger partial charge in [-0.3, -0.25) is 19.5 Å². The summed E-state index contributed by atoms with van der Waals surface area (Å²) in [6.45, 7) is 6.30. The van der Waals surface area contributed by atoms with E-state index in [4.69, 9.17) is 9.84 Å². The third kappa shape index (κ3) is 5.60. The van der Waals surface area contributed by atoms with Crippen molar-refractivity contribution in [2.24, 2.45) is 0 Å². The molecular formula is C31H33N5O3S. The first kappa shape index (κ1) is 27.5. The van der Waals surface area contributed by atoms with Gasteiger partial charge in [-0.25, -0.2) is 4.68 Å². The van der Waals surface area contributed by atoms with Crippen LogP contribution in [0.25, 0.3) is 11.3 Å². The Labute approximate surface area is 238 Å². The number of thioether (sulfide) groups is 1. The molecule has 9 heteroatoms. The molecule has 8 nitrogen and oxygen atoms in total. The fourth-order valence-electron chi connectivity index (χ4n) is 4.82. The predicted octanol–water partition coefficient (Wildman–Crippen LogP) is 5.19. The van der Waals surface area contributed by atoms with Gasteiger partial charge in [0.05, 0.1) is 41.6 Å². The van der Waals surface area contributed by atoms with Gasteiger partial charge in [-0.15, -0.1) is 11.8 Å². The van der Waals surface area contributed by atoms with Gasteiger partial charge in [-0.1, -0.05) is 54.6 Å². The maximum Gasteiger partial charge on any atom is 0.240 e. The van der Waals surface area contributed by atoms with E-state index in [9.17, 15) is 9.59 Å². The minimum atomic E-state index is -0.472. The molecule has 1 unspecified atom stereocenters. The summed E-state index contributed by atoms with van der Waals surface area (Å²) in [5.41, 5.74) is 3.84. The number of carbonyl (C=O) groups is 2. The molecular weight excluding hydrogens is 522 g/mol. The predicted molar refractivity (Wildman–Crippen MR) is 158 cm³/mol. The fraction of sp³-hybridized carbons (Fsp3) is 0.290. The normalized spacial score (nSPS) is 15.3. The van der Waals surface area contributed by atoms with Crippen LogP contribution in [0.5, 0.6) is 5.75 Å². The molecule has 1 aliphatic heterocycles. The van der Waals surface area contributed by atoms with E-state index < -0.39 is 5.54 Å². The van der Waals surface area contributed by atoms with Crippen molar-refractivity contribution >= 4 is 29.4 Å². The minimum Gasteiger partial charge on any atom is -0.496 e. The van der Waals surface area contributed by atoms with E-state index in [1.807, 2.05) is 77.5 Å². The lowest BCUT2D eigenvalue weighted by Gasteiger charge is -2.29. The van der Waals surface area contributed by atoms with Gasteiger partial charge in [0.15, 0.2) is 0 Å². The van der Waals surface area contributed by atoms with E-state index in [-0.39, 0.29) is 35.9 Å². The van der Waals surface area contributed by atoms with Gasteiger partial charge < -0.3 is 10.1 Å². The van der Waals surface area contributed by atoms with Gasteiger partial charge in [-0.2, -0.15) is 5.10 Å². The number of pyridine rings is 1. The van der Waals surface area contributed by atoms with Crippen molar-refractivity contribution in [2.45, 2.75) is 38.1 Å². The Hall–Kier alpha value is -4.11. The number of para-hydroxylation sites is 1. The van der Waals surface area contributed by atoms with Crippen LogP contribution in [-0.4, -0.2) is 46.0 Å². The second-order valence-electron chi connectivity index (χ2n) is 10.5. The van der Waals surface area contributed by atoms with E-state index >= 15 is 0 Å². The monoisotopic (exact) mass is 555 g/mol. The maximum atomic E-state index is 13.8. The van der Waals surface area contributed by atoms with E-state index in [1.165, 1.54) is 11.8 Å². The lowest BCUT2D eigenvalue weighted by atomic mass is 9.98. The first-order chi connectivity index (χ1) is 19.3. The summed E-state index contributed by atoms with van der Waals surface area (Å²) < 4.78 is 7.65. The number of nitrogens with zero attached hydrogens (tertiary/aromatic N) is 4. The van der Waals surface area contributed by atoms with Gasteiger partial charge in [0.1, 0.15) is 18.1 Å². The number of benzene rings is 2. The molecule has 3 heterocycles. The maximum absolute atomic E-state index is 13.8. The Morgan fingerprint density at radius 3 is 2.48 bits per heavy atom. The van der Waals surface area contributed by atoms with Crippen LogP contribution >= 0.6 is 11.8 Å². The zero-order chi connectivity index (χ0) is 28.3. The highest BCUT2D eigenvalue weighted by atomic mass is 32.2. The number of hydrogen-bond donors (Lipinski definition) is 1. The molecule has 0 aliphatic carbocycles. The van der Waals surface area contributed by atoms with E-state index in [0.29, 0.717) is 5.82 Å². The molecule has 0 saturated heterocycles. The molecule has 206 valence electrons. The molecule has 0 fully saturated rings. The number of carbonyl (C=O) groups excluding carboxylic acids is 2. The molecule has 5 rings (SSSR count). The van der Waals surface area contributed by atoms with Crippen molar-refractivity contribution in [1.29, 1.82) is 0 Å². The average molecular weight is 556 g/mol. The summed E-state index contributed by atoms with van der Waals surface area (Å²) >= 11 is 1.53. The summed E-state index contributed by atoms with van der Waals surface area (Å²) in [5, 5.41) is 7.80. The fourth-order valence-corrected chi connectivity index (χ4v) is 6.04. The Balaban J connectivity index is 1.66. The summed E-state index contributed by atoms with van der Waals surface area (Å²) in [4.78, 5) is 32.9. The molecule has 0 radical (unpaired) electrons. The van der Waals surface area contributed by atoms with Crippen LogP contribution in [0.4, 0.5) is 5.82 Å². The highest BCUT2D eigenvalue weighted by Gasteiger charge is 2.40. The van der Waals surface area contributed by atoms with Crippen LogP contribution < -0.4 is 15.0 Å². The van der Waals surface area contributed by atoms with Crippen LogP contribution in [-0.2, 0) is 21.7 Å². The zero-order valence-electron chi connectivity index (χ0n) is 23.1. The van der Waals surface area contributed by atoms with Crippen molar-refractivity contribution in [3.05, 3.63) is 95.8 Å². The Morgan fingerprint density at radius 2 is 1.77 bits per heavy atom. The molecule has 1 atom stereocenters. The molecule has 4 aromatic rings. The second kappa shape index (κ2) is 11.6. The number of rotatable bonds is 7. The van der Waals surface area contributed by atoms with Gasteiger partial charge >= 0.3 is 0 Å². The molecule has 2 aromatic carbocycles. The lowest BCUT2D eigenvalue weighted by Crippen LogP contribution is -2.43. The highest BCUT2D eigenvalue weighted by molar-refractivity contribution is 8.00. The second-order valence-corrected chi connectivity index (χ2v) is 11.6. The van der Waals surface area contributed by atoms with Crippen LogP contribution in [0.1, 0.15) is 42.8 Å². The molecule has 40 heavy (non-hydrogen) atoms. The number of amides is 2. The number of hydrogen-bond acceptors (Lipinski definition) is 6. The molecule has 2 amide bonds. The quantitative estimate of drug-likeness (QED) is 0.338. The molecule has 1 aliphatic rings. The van der Waals surface area contributed by atoms with Crippen molar-refractivity contribution in [2.75, 3.05) is 24.3 Å². The van der Waals surface area contributed by atoms with Crippen molar-refractivity contribution in [3.8, 4) is 17.0 Å². The van der Waals surface area contributed by atoms with Crippen LogP contribution in [0, 0.1) is 0 Å². The lowest BCUT2D eigenvalue weighted by molar-refractivity contribution is -0.123. The van der Waals surface area contributed by atoms with Crippen LogP contribution in [0.2, 0.25) is 0 Å². The summed E-state index contributed by atoms with van der Waals surface area (Å²) in [6.07, 6.45) is 1.69. The number of fused-ring (bicyclic) bond motifs is 1. The van der Waals surface area contributed by atoms with Gasteiger partial charge in [0, 0.05) is 22.9 Å².